The highest BCUT2D eigenvalue weighted by Crippen LogP contribution is 2.18. The fraction of sp³-hybridized carbons (Fsp3) is 0.316. The topological polar surface area (TPSA) is 64.4 Å². The summed E-state index contributed by atoms with van der Waals surface area (Å²) in [6.45, 7) is 4.47. The Morgan fingerprint density at radius 1 is 1.13 bits per heavy atom. The zero-order valence-corrected chi connectivity index (χ0v) is 13.7. The highest BCUT2D eigenvalue weighted by Gasteiger charge is 2.17. The van der Waals surface area contributed by atoms with Gasteiger partial charge in [0.25, 0.3) is 0 Å². The largest absolute Gasteiger partial charge is 0.488 e. The molecule has 0 saturated carbocycles. The summed E-state index contributed by atoms with van der Waals surface area (Å²) in [5.41, 5.74) is 7.88. The van der Waals surface area contributed by atoms with Crippen molar-refractivity contribution in [3.05, 3.63) is 65.7 Å². The van der Waals surface area contributed by atoms with Crippen LogP contribution < -0.4 is 15.8 Å². The van der Waals surface area contributed by atoms with Crippen molar-refractivity contribution in [3.8, 4) is 5.75 Å². The summed E-state index contributed by atoms with van der Waals surface area (Å²) in [7, 11) is 0. The number of para-hydroxylation sites is 1. The zero-order valence-electron chi connectivity index (χ0n) is 13.7. The van der Waals surface area contributed by atoms with Gasteiger partial charge in [0.15, 0.2) is 0 Å². The lowest BCUT2D eigenvalue weighted by molar-refractivity contribution is -0.122. The first-order chi connectivity index (χ1) is 11.1. The molecule has 2 aromatic carbocycles. The minimum Gasteiger partial charge on any atom is -0.488 e. The van der Waals surface area contributed by atoms with Crippen LogP contribution in [0, 0.1) is 6.92 Å². The summed E-state index contributed by atoms with van der Waals surface area (Å²) in [6, 6.07) is 16.6. The van der Waals surface area contributed by atoms with E-state index in [4.69, 9.17) is 10.5 Å². The summed E-state index contributed by atoms with van der Waals surface area (Å²) < 4.78 is 5.97. The van der Waals surface area contributed by atoms with E-state index in [0.717, 1.165) is 23.3 Å². The number of hydrogen-bond donors (Lipinski definition) is 2. The van der Waals surface area contributed by atoms with Gasteiger partial charge in [-0.1, -0.05) is 55.5 Å². The Hall–Kier alpha value is -2.33. The van der Waals surface area contributed by atoms with Crippen molar-refractivity contribution in [3.63, 3.8) is 0 Å². The number of ether oxygens (including phenoxy) is 1. The fourth-order valence-corrected chi connectivity index (χ4v) is 2.27. The lowest BCUT2D eigenvalue weighted by Gasteiger charge is -2.20. The molecule has 0 saturated heterocycles. The van der Waals surface area contributed by atoms with Crippen LogP contribution in [0.3, 0.4) is 0 Å². The zero-order chi connectivity index (χ0) is 16.7. The molecule has 0 heterocycles. The Morgan fingerprint density at radius 3 is 2.43 bits per heavy atom. The van der Waals surface area contributed by atoms with Crippen LogP contribution in [0.5, 0.6) is 5.75 Å². The second kappa shape index (κ2) is 8.34. The van der Waals surface area contributed by atoms with Crippen LogP contribution in [-0.4, -0.2) is 18.6 Å². The van der Waals surface area contributed by atoms with Crippen molar-refractivity contribution in [1.82, 2.24) is 5.32 Å². The predicted molar refractivity (Wildman–Crippen MR) is 92.3 cm³/mol. The maximum Gasteiger partial charge on any atom is 0.241 e. The fourth-order valence-electron chi connectivity index (χ4n) is 2.27. The van der Waals surface area contributed by atoms with Crippen LogP contribution >= 0.6 is 0 Å². The lowest BCUT2D eigenvalue weighted by Crippen LogP contribution is -2.40. The van der Waals surface area contributed by atoms with Crippen LogP contribution in [0.4, 0.5) is 0 Å². The van der Waals surface area contributed by atoms with Crippen molar-refractivity contribution in [2.24, 2.45) is 5.73 Å². The Labute approximate surface area is 137 Å². The van der Waals surface area contributed by atoms with Gasteiger partial charge in [0.05, 0.1) is 6.54 Å². The first kappa shape index (κ1) is 17.0. The highest BCUT2D eigenvalue weighted by atomic mass is 16.5. The molecule has 0 spiro atoms. The lowest BCUT2D eigenvalue weighted by atomic mass is 10.1. The number of rotatable bonds is 7. The van der Waals surface area contributed by atoms with E-state index in [0.29, 0.717) is 6.54 Å². The molecular formula is C19H24N2O2. The van der Waals surface area contributed by atoms with Gasteiger partial charge >= 0.3 is 0 Å². The number of aryl methyl sites for hydroxylation is 1. The van der Waals surface area contributed by atoms with Crippen molar-refractivity contribution in [1.29, 1.82) is 0 Å². The van der Waals surface area contributed by atoms with Crippen LogP contribution in [0.2, 0.25) is 0 Å². The van der Waals surface area contributed by atoms with Crippen molar-refractivity contribution in [2.75, 3.05) is 6.54 Å². The molecule has 2 unspecified atom stereocenters. The summed E-state index contributed by atoms with van der Waals surface area (Å²) >= 11 is 0. The van der Waals surface area contributed by atoms with Crippen LogP contribution in [0.25, 0.3) is 0 Å². The van der Waals surface area contributed by atoms with Gasteiger partial charge in [0.1, 0.15) is 17.9 Å². The Kier molecular flexibility index (Phi) is 6.18. The molecule has 2 rings (SSSR count). The first-order valence-corrected chi connectivity index (χ1v) is 7.92. The van der Waals surface area contributed by atoms with E-state index >= 15 is 0 Å². The summed E-state index contributed by atoms with van der Waals surface area (Å²) in [5, 5.41) is 2.88. The molecule has 0 radical (unpaired) electrons. The van der Waals surface area contributed by atoms with E-state index in [1.165, 1.54) is 0 Å². The molecule has 4 heteroatoms. The monoisotopic (exact) mass is 312 g/mol. The minimum atomic E-state index is -0.660. The molecular weight excluding hydrogens is 288 g/mol. The van der Waals surface area contributed by atoms with E-state index in [-0.39, 0.29) is 12.0 Å². The maximum atomic E-state index is 12.2. The van der Waals surface area contributed by atoms with Crippen molar-refractivity contribution in [2.45, 2.75) is 32.4 Å². The molecule has 1 amide bonds. The highest BCUT2D eigenvalue weighted by molar-refractivity contribution is 5.82. The van der Waals surface area contributed by atoms with E-state index in [1.54, 1.807) is 0 Å². The summed E-state index contributed by atoms with van der Waals surface area (Å²) in [5.74, 6) is 0.656. The van der Waals surface area contributed by atoms with E-state index in [1.807, 2.05) is 68.4 Å². The number of benzene rings is 2. The molecule has 2 atom stereocenters. The Balaban J connectivity index is 1.90. The van der Waals surface area contributed by atoms with E-state index in [2.05, 4.69) is 5.32 Å². The molecule has 23 heavy (non-hydrogen) atoms. The third-order valence-corrected chi connectivity index (χ3v) is 3.79. The summed E-state index contributed by atoms with van der Waals surface area (Å²) in [6.07, 6.45) is 0.720. The van der Waals surface area contributed by atoms with Crippen molar-refractivity contribution >= 4 is 5.91 Å². The number of amides is 1. The van der Waals surface area contributed by atoms with Crippen LogP contribution in [0.15, 0.2) is 54.6 Å². The molecule has 0 aliphatic rings. The molecule has 3 N–H and O–H groups in total. The third kappa shape index (κ3) is 4.83. The standard InChI is InChI=1S/C19H24N2O2/c1-3-16(23-17-12-8-7-9-14(17)2)13-21-19(22)18(20)15-10-5-4-6-11-15/h4-12,16,18H,3,13,20H2,1-2H3,(H,21,22). The van der Waals surface area contributed by atoms with E-state index < -0.39 is 6.04 Å². The average molecular weight is 312 g/mol. The van der Waals surface area contributed by atoms with Gasteiger partial charge in [0, 0.05) is 0 Å². The number of nitrogens with one attached hydrogen (secondary N) is 1. The van der Waals surface area contributed by atoms with Gasteiger partial charge in [-0.25, -0.2) is 0 Å². The molecule has 0 bridgehead atoms. The average Bonchev–Trinajstić information content (AvgIpc) is 2.60. The van der Waals surface area contributed by atoms with Gasteiger partial charge in [-0.15, -0.1) is 0 Å². The number of carbonyl (C=O) groups excluding carboxylic acids is 1. The summed E-state index contributed by atoms with van der Waals surface area (Å²) in [4.78, 5) is 12.2. The van der Waals surface area contributed by atoms with Gasteiger partial charge in [0.2, 0.25) is 5.91 Å². The smallest absolute Gasteiger partial charge is 0.241 e. The molecule has 0 aliphatic carbocycles. The Morgan fingerprint density at radius 2 is 1.78 bits per heavy atom. The molecule has 2 aromatic rings. The molecule has 4 nitrogen and oxygen atoms in total. The normalized spacial score (nSPS) is 13.2. The predicted octanol–water partition coefficient (Wildman–Crippen LogP) is 2.97. The van der Waals surface area contributed by atoms with Gasteiger partial charge in [-0.3, -0.25) is 4.79 Å². The third-order valence-electron chi connectivity index (χ3n) is 3.79. The van der Waals surface area contributed by atoms with Crippen LogP contribution in [0.1, 0.15) is 30.5 Å². The maximum absolute atomic E-state index is 12.2. The van der Waals surface area contributed by atoms with Crippen molar-refractivity contribution < 1.29 is 9.53 Å². The number of hydrogen-bond acceptors (Lipinski definition) is 3. The van der Waals surface area contributed by atoms with Crippen LogP contribution in [-0.2, 0) is 4.79 Å². The number of nitrogens with two attached hydrogens (primary N) is 1. The second-order valence-electron chi connectivity index (χ2n) is 5.55. The number of carbonyl (C=O) groups is 1. The minimum absolute atomic E-state index is 0.0805. The van der Waals surface area contributed by atoms with Gasteiger partial charge in [-0.05, 0) is 30.5 Å². The molecule has 0 aliphatic heterocycles. The second-order valence-corrected chi connectivity index (χ2v) is 5.55. The molecule has 122 valence electrons. The Bertz CT molecular complexity index is 628. The quantitative estimate of drug-likeness (QED) is 0.826. The molecule has 0 fully saturated rings. The SMILES string of the molecule is CCC(CNC(=O)C(N)c1ccccc1)Oc1ccccc1C. The van der Waals surface area contributed by atoms with Gasteiger partial charge in [-0.2, -0.15) is 0 Å². The first-order valence-electron chi connectivity index (χ1n) is 7.92. The van der Waals surface area contributed by atoms with Gasteiger partial charge < -0.3 is 15.8 Å². The van der Waals surface area contributed by atoms with E-state index in [9.17, 15) is 4.79 Å². The molecule has 0 aromatic heterocycles.